The van der Waals surface area contributed by atoms with Crippen LogP contribution in [-0.4, -0.2) is 39.3 Å². The summed E-state index contributed by atoms with van der Waals surface area (Å²) in [6.07, 6.45) is 2.09. The van der Waals surface area contributed by atoms with Gasteiger partial charge in [-0.3, -0.25) is 9.69 Å². The lowest BCUT2D eigenvalue weighted by molar-refractivity contribution is -0.148. The van der Waals surface area contributed by atoms with E-state index in [1.807, 2.05) is 18.7 Å². The van der Waals surface area contributed by atoms with Gasteiger partial charge in [0.15, 0.2) is 0 Å². The predicted octanol–water partition coefficient (Wildman–Crippen LogP) is 2.74. The standard InChI is InChI=1S/C16H23NO4/c1-3-7-16(15(20)21)8-9-17(10-16)11(2)14-12(18)5-4-6-13(14)19/h4-6,11,18-19H,3,7-10H2,1-2H3,(H,20,21). The Morgan fingerprint density at radius 2 is 2.00 bits per heavy atom. The van der Waals surface area contributed by atoms with Crippen LogP contribution in [0.4, 0.5) is 0 Å². The first-order valence-corrected chi connectivity index (χ1v) is 7.39. The molecule has 0 aliphatic carbocycles. The molecule has 0 radical (unpaired) electrons. The Morgan fingerprint density at radius 1 is 1.38 bits per heavy atom. The van der Waals surface area contributed by atoms with Crippen LogP contribution in [0.5, 0.6) is 11.5 Å². The number of hydrogen-bond donors (Lipinski definition) is 3. The van der Waals surface area contributed by atoms with E-state index in [0.29, 0.717) is 31.5 Å². The number of aromatic hydroxyl groups is 2. The molecule has 21 heavy (non-hydrogen) atoms. The normalized spacial score (nSPS) is 24.1. The molecule has 5 heteroatoms. The summed E-state index contributed by atoms with van der Waals surface area (Å²) >= 11 is 0. The first-order chi connectivity index (χ1) is 9.91. The maximum Gasteiger partial charge on any atom is 0.310 e. The summed E-state index contributed by atoms with van der Waals surface area (Å²) in [6.45, 7) is 4.98. The van der Waals surface area contributed by atoms with Crippen LogP contribution >= 0.6 is 0 Å². The van der Waals surface area contributed by atoms with Gasteiger partial charge in [-0.25, -0.2) is 0 Å². The molecule has 1 saturated heterocycles. The monoisotopic (exact) mass is 293 g/mol. The SMILES string of the molecule is CCCC1(C(=O)O)CCN(C(C)c2c(O)cccc2O)C1. The van der Waals surface area contributed by atoms with Gasteiger partial charge in [-0.05, 0) is 38.4 Å². The Labute approximate surface area is 124 Å². The van der Waals surface area contributed by atoms with Crippen molar-refractivity contribution in [3.8, 4) is 11.5 Å². The molecule has 0 aromatic heterocycles. The van der Waals surface area contributed by atoms with Gasteiger partial charge < -0.3 is 15.3 Å². The van der Waals surface area contributed by atoms with E-state index in [1.165, 1.54) is 12.1 Å². The molecule has 3 N–H and O–H groups in total. The molecule has 2 rings (SSSR count). The molecule has 1 heterocycles. The third-order valence-electron chi connectivity index (χ3n) is 4.59. The molecule has 0 amide bonds. The second-order valence-electron chi connectivity index (χ2n) is 5.94. The van der Waals surface area contributed by atoms with Crippen molar-refractivity contribution in [2.75, 3.05) is 13.1 Å². The van der Waals surface area contributed by atoms with Crippen LogP contribution in [0.2, 0.25) is 0 Å². The van der Waals surface area contributed by atoms with Crippen LogP contribution in [0.3, 0.4) is 0 Å². The fourth-order valence-corrected chi connectivity index (χ4v) is 3.35. The molecule has 1 aromatic rings. The van der Waals surface area contributed by atoms with Gasteiger partial charge in [0.1, 0.15) is 11.5 Å². The van der Waals surface area contributed by atoms with Crippen LogP contribution in [0.25, 0.3) is 0 Å². The average molecular weight is 293 g/mol. The Morgan fingerprint density at radius 3 is 2.52 bits per heavy atom. The van der Waals surface area contributed by atoms with E-state index in [2.05, 4.69) is 0 Å². The highest BCUT2D eigenvalue weighted by molar-refractivity contribution is 5.75. The lowest BCUT2D eigenvalue weighted by atomic mass is 9.82. The van der Waals surface area contributed by atoms with E-state index in [-0.39, 0.29) is 17.5 Å². The lowest BCUT2D eigenvalue weighted by Gasteiger charge is -2.28. The number of phenols is 2. The molecule has 1 aliphatic rings. The Kier molecular flexibility index (Phi) is 4.42. The number of nitrogens with zero attached hydrogens (tertiary/aromatic N) is 1. The van der Waals surface area contributed by atoms with Gasteiger partial charge in [-0.1, -0.05) is 19.4 Å². The van der Waals surface area contributed by atoms with Crippen LogP contribution in [0.1, 0.15) is 44.7 Å². The largest absolute Gasteiger partial charge is 0.507 e. The van der Waals surface area contributed by atoms with E-state index >= 15 is 0 Å². The first kappa shape index (κ1) is 15.6. The summed E-state index contributed by atoms with van der Waals surface area (Å²) in [5.74, 6) is -0.655. The highest BCUT2D eigenvalue weighted by Gasteiger charge is 2.45. The molecule has 1 aromatic carbocycles. The Balaban J connectivity index is 2.23. The molecule has 0 saturated carbocycles. The highest BCUT2D eigenvalue weighted by Crippen LogP contribution is 2.42. The molecule has 2 unspecified atom stereocenters. The average Bonchev–Trinajstić information content (AvgIpc) is 2.84. The first-order valence-electron chi connectivity index (χ1n) is 7.39. The zero-order valence-electron chi connectivity index (χ0n) is 12.5. The fourth-order valence-electron chi connectivity index (χ4n) is 3.35. The van der Waals surface area contributed by atoms with Crippen molar-refractivity contribution >= 4 is 5.97 Å². The number of likely N-dealkylation sites (tertiary alicyclic amines) is 1. The zero-order valence-corrected chi connectivity index (χ0v) is 12.5. The molecule has 1 aliphatic heterocycles. The summed E-state index contributed by atoms with van der Waals surface area (Å²) in [5.41, 5.74) is -0.238. The van der Waals surface area contributed by atoms with Crippen molar-refractivity contribution < 1.29 is 20.1 Å². The molecule has 0 spiro atoms. The molecule has 0 bridgehead atoms. The predicted molar refractivity (Wildman–Crippen MR) is 79.4 cm³/mol. The lowest BCUT2D eigenvalue weighted by Crippen LogP contribution is -2.35. The third kappa shape index (κ3) is 2.83. The number of rotatable bonds is 5. The van der Waals surface area contributed by atoms with Crippen LogP contribution in [0, 0.1) is 5.41 Å². The van der Waals surface area contributed by atoms with Gasteiger partial charge in [0.2, 0.25) is 0 Å². The number of carboxylic acid groups (broad SMARTS) is 1. The molecule has 5 nitrogen and oxygen atoms in total. The van der Waals surface area contributed by atoms with Crippen molar-refractivity contribution in [1.82, 2.24) is 4.90 Å². The van der Waals surface area contributed by atoms with Crippen molar-refractivity contribution in [1.29, 1.82) is 0 Å². The van der Waals surface area contributed by atoms with Crippen LogP contribution in [-0.2, 0) is 4.79 Å². The maximum absolute atomic E-state index is 11.6. The Bertz CT molecular complexity index is 511. The topological polar surface area (TPSA) is 81.0 Å². The molecular formula is C16H23NO4. The summed E-state index contributed by atoms with van der Waals surface area (Å²) < 4.78 is 0. The third-order valence-corrected chi connectivity index (χ3v) is 4.59. The fraction of sp³-hybridized carbons (Fsp3) is 0.562. The smallest absolute Gasteiger partial charge is 0.310 e. The minimum absolute atomic E-state index is 0.0471. The van der Waals surface area contributed by atoms with E-state index in [4.69, 9.17) is 0 Å². The number of carboxylic acids is 1. The van der Waals surface area contributed by atoms with Crippen molar-refractivity contribution in [2.24, 2.45) is 5.41 Å². The van der Waals surface area contributed by atoms with Gasteiger partial charge in [0.25, 0.3) is 0 Å². The molecule has 116 valence electrons. The molecule has 2 atom stereocenters. The van der Waals surface area contributed by atoms with Crippen molar-refractivity contribution in [3.63, 3.8) is 0 Å². The number of phenolic OH excluding ortho intramolecular Hbond substituents is 2. The van der Waals surface area contributed by atoms with Crippen molar-refractivity contribution in [3.05, 3.63) is 23.8 Å². The van der Waals surface area contributed by atoms with E-state index in [0.717, 1.165) is 6.42 Å². The number of carbonyl (C=O) groups is 1. The minimum atomic E-state index is -0.749. The summed E-state index contributed by atoms with van der Waals surface area (Å²) in [7, 11) is 0. The second kappa shape index (κ2) is 5.93. The van der Waals surface area contributed by atoms with Crippen LogP contribution in [0.15, 0.2) is 18.2 Å². The summed E-state index contributed by atoms with van der Waals surface area (Å²) in [5, 5.41) is 29.5. The zero-order chi connectivity index (χ0) is 15.6. The number of hydrogen-bond acceptors (Lipinski definition) is 4. The second-order valence-corrected chi connectivity index (χ2v) is 5.94. The maximum atomic E-state index is 11.6. The van der Waals surface area contributed by atoms with E-state index in [9.17, 15) is 20.1 Å². The number of aliphatic carboxylic acids is 1. The van der Waals surface area contributed by atoms with Gasteiger partial charge in [-0.15, -0.1) is 0 Å². The van der Waals surface area contributed by atoms with Crippen molar-refractivity contribution in [2.45, 2.75) is 39.2 Å². The van der Waals surface area contributed by atoms with Gasteiger partial charge in [0.05, 0.1) is 11.0 Å². The highest BCUT2D eigenvalue weighted by atomic mass is 16.4. The molecular weight excluding hydrogens is 270 g/mol. The van der Waals surface area contributed by atoms with Gasteiger partial charge >= 0.3 is 5.97 Å². The van der Waals surface area contributed by atoms with Gasteiger partial charge in [0, 0.05) is 12.6 Å². The van der Waals surface area contributed by atoms with Gasteiger partial charge in [-0.2, -0.15) is 0 Å². The van der Waals surface area contributed by atoms with E-state index < -0.39 is 11.4 Å². The van der Waals surface area contributed by atoms with E-state index in [1.54, 1.807) is 6.07 Å². The van der Waals surface area contributed by atoms with Crippen LogP contribution < -0.4 is 0 Å². The minimum Gasteiger partial charge on any atom is -0.507 e. The quantitative estimate of drug-likeness (QED) is 0.777. The summed E-state index contributed by atoms with van der Waals surface area (Å²) in [6, 6.07) is 4.45. The summed E-state index contributed by atoms with van der Waals surface area (Å²) in [4.78, 5) is 13.7. The Hall–Kier alpha value is -1.75. The number of benzene rings is 1. The molecule has 1 fully saturated rings.